The fourth-order valence-corrected chi connectivity index (χ4v) is 6.17. The summed E-state index contributed by atoms with van der Waals surface area (Å²) in [4.78, 5) is 17.2. The molecule has 0 amide bonds. The first-order chi connectivity index (χ1) is 13.7. The lowest BCUT2D eigenvalue weighted by Crippen LogP contribution is -2.64. The molecule has 4 nitrogen and oxygen atoms in total. The summed E-state index contributed by atoms with van der Waals surface area (Å²) in [6, 6.07) is 9.63. The maximum atomic E-state index is 11.6. The third kappa shape index (κ3) is 4.39. The fourth-order valence-electron chi connectivity index (χ4n) is 6.04. The van der Waals surface area contributed by atoms with Gasteiger partial charge in [0.15, 0.2) is 0 Å². The quantitative estimate of drug-likeness (QED) is 0.659. The van der Waals surface area contributed by atoms with Gasteiger partial charge in [0.2, 0.25) is 0 Å². The second kappa shape index (κ2) is 9.15. The predicted octanol–water partition coefficient (Wildman–Crippen LogP) is 4.36. The van der Waals surface area contributed by atoms with Crippen molar-refractivity contribution in [3.63, 3.8) is 0 Å². The molecule has 0 saturated carbocycles. The van der Waals surface area contributed by atoms with Crippen molar-refractivity contribution in [2.45, 2.75) is 63.6 Å². The van der Waals surface area contributed by atoms with E-state index >= 15 is 0 Å². The molecule has 4 atom stereocenters. The van der Waals surface area contributed by atoms with Gasteiger partial charge in [-0.25, -0.2) is 0 Å². The van der Waals surface area contributed by atoms with E-state index in [4.69, 9.17) is 16.3 Å². The average Bonchev–Trinajstić information content (AvgIpc) is 2.72. The smallest absolute Gasteiger partial charge is 0.305 e. The van der Waals surface area contributed by atoms with Crippen LogP contribution in [0, 0.1) is 11.8 Å². The fraction of sp³-hybridized carbons (Fsp3) is 0.696. The summed E-state index contributed by atoms with van der Waals surface area (Å²) in [5, 5.41) is 0.798. The van der Waals surface area contributed by atoms with Crippen molar-refractivity contribution >= 4 is 17.6 Å². The van der Waals surface area contributed by atoms with Gasteiger partial charge in [0, 0.05) is 36.6 Å². The molecule has 3 aliphatic rings. The Morgan fingerprint density at radius 2 is 1.93 bits per heavy atom. The summed E-state index contributed by atoms with van der Waals surface area (Å²) in [5.41, 5.74) is 1.34. The lowest BCUT2D eigenvalue weighted by atomic mass is 9.69. The normalized spacial score (nSPS) is 30.6. The molecule has 5 heteroatoms. The molecule has 0 aliphatic carbocycles. The van der Waals surface area contributed by atoms with E-state index in [1.807, 2.05) is 12.1 Å². The second-order valence-corrected chi connectivity index (χ2v) is 9.26. The van der Waals surface area contributed by atoms with Gasteiger partial charge in [0.05, 0.1) is 7.11 Å². The Balaban J connectivity index is 1.52. The van der Waals surface area contributed by atoms with Crippen molar-refractivity contribution in [3.05, 3.63) is 34.9 Å². The third-order valence-corrected chi connectivity index (χ3v) is 7.44. The lowest BCUT2D eigenvalue weighted by Gasteiger charge is -2.57. The van der Waals surface area contributed by atoms with Crippen LogP contribution in [0.25, 0.3) is 0 Å². The molecule has 0 N–H and O–H groups in total. The van der Waals surface area contributed by atoms with Crippen molar-refractivity contribution in [2.24, 2.45) is 11.8 Å². The van der Waals surface area contributed by atoms with Crippen LogP contribution in [0.5, 0.6) is 0 Å². The Morgan fingerprint density at radius 3 is 2.68 bits per heavy atom. The van der Waals surface area contributed by atoms with Gasteiger partial charge in [-0.3, -0.25) is 14.6 Å². The van der Waals surface area contributed by atoms with Gasteiger partial charge >= 0.3 is 5.97 Å². The minimum Gasteiger partial charge on any atom is -0.469 e. The van der Waals surface area contributed by atoms with E-state index in [0.717, 1.165) is 42.3 Å². The minimum absolute atomic E-state index is 0.0825. The van der Waals surface area contributed by atoms with Crippen LogP contribution in [-0.2, 0) is 16.1 Å². The largest absolute Gasteiger partial charge is 0.469 e. The molecule has 3 saturated heterocycles. The van der Waals surface area contributed by atoms with E-state index in [-0.39, 0.29) is 5.97 Å². The Kier molecular flexibility index (Phi) is 6.59. The molecule has 3 heterocycles. The second-order valence-electron chi connectivity index (χ2n) is 8.83. The Hall–Kier alpha value is -1.10. The molecule has 0 aromatic heterocycles. The highest BCUT2D eigenvalue weighted by molar-refractivity contribution is 6.30. The number of ether oxygens (including phenoxy) is 1. The SMILES string of the molecule is COC(=O)CCC[C@@H]1[C@H]2CCCN3CCC[C@H](CN1Cc1ccc(Cl)cc1)[C@@H]23. The van der Waals surface area contributed by atoms with E-state index in [1.54, 1.807) is 0 Å². The summed E-state index contributed by atoms with van der Waals surface area (Å²) >= 11 is 6.09. The lowest BCUT2D eigenvalue weighted by molar-refractivity contribution is -0.141. The summed E-state index contributed by atoms with van der Waals surface area (Å²) < 4.78 is 4.87. The van der Waals surface area contributed by atoms with Crippen LogP contribution in [0.3, 0.4) is 0 Å². The Morgan fingerprint density at radius 1 is 1.18 bits per heavy atom. The summed E-state index contributed by atoms with van der Waals surface area (Å²) in [7, 11) is 1.49. The van der Waals surface area contributed by atoms with Crippen LogP contribution in [0.1, 0.15) is 50.5 Å². The number of hydrogen-bond donors (Lipinski definition) is 0. The van der Waals surface area contributed by atoms with E-state index in [9.17, 15) is 4.79 Å². The average molecular weight is 405 g/mol. The highest BCUT2D eigenvalue weighted by Gasteiger charge is 2.48. The van der Waals surface area contributed by atoms with Crippen LogP contribution < -0.4 is 0 Å². The highest BCUT2D eigenvalue weighted by atomic mass is 35.5. The highest BCUT2D eigenvalue weighted by Crippen LogP contribution is 2.43. The zero-order chi connectivity index (χ0) is 19.5. The molecular formula is C23H33ClN2O2. The first-order valence-electron chi connectivity index (χ1n) is 10.9. The molecule has 3 aliphatic heterocycles. The van der Waals surface area contributed by atoms with E-state index < -0.39 is 0 Å². The predicted molar refractivity (Wildman–Crippen MR) is 112 cm³/mol. The molecule has 0 bridgehead atoms. The van der Waals surface area contributed by atoms with Gasteiger partial charge in [-0.15, -0.1) is 0 Å². The van der Waals surface area contributed by atoms with Crippen LogP contribution in [0.2, 0.25) is 5.02 Å². The molecule has 0 unspecified atom stereocenters. The molecule has 3 fully saturated rings. The van der Waals surface area contributed by atoms with E-state index in [2.05, 4.69) is 21.9 Å². The number of halogens is 1. The van der Waals surface area contributed by atoms with Crippen LogP contribution in [0.4, 0.5) is 0 Å². The summed E-state index contributed by atoms with van der Waals surface area (Å²) in [6.07, 6.45) is 7.90. The van der Waals surface area contributed by atoms with Crippen molar-refractivity contribution in [1.29, 1.82) is 0 Å². The monoisotopic (exact) mass is 404 g/mol. The molecule has 1 aromatic rings. The van der Waals surface area contributed by atoms with Crippen molar-refractivity contribution in [3.8, 4) is 0 Å². The van der Waals surface area contributed by atoms with Gasteiger partial charge < -0.3 is 4.74 Å². The van der Waals surface area contributed by atoms with Gasteiger partial charge in [-0.2, -0.15) is 0 Å². The molecular weight excluding hydrogens is 372 g/mol. The zero-order valence-electron chi connectivity index (χ0n) is 17.0. The molecule has 28 heavy (non-hydrogen) atoms. The third-order valence-electron chi connectivity index (χ3n) is 7.19. The van der Waals surface area contributed by atoms with Gasteiger partial charge in [-0.05, 0) is 81.1 Å². The number of benzene rings is 1. The first-order valence-corrected chi connectivity index (χ1v) is 11.3. The number of nitrogens with zero attached hydrogens (tertiary/aromatic N) is 2. The number of rotatable bonds is 6. The number of likely N-dealkylation sites (tertiary alicyclic amines) is 1. The molecule has 4 rings (SSSR count). The van der Waals surface area contributed by atoms with Gasteiger partial charge in [0.1, 0.15) is 0 Å². The maximum Gasteiger partial charge on any atom is 0.305 e. The molecule has 0 radical (unpaired) electrons. The van der Waals surface area contributed by atoms with Crippen molar-refractivity contribution < 1.29 is 9.53 Å². The number of piperidine rings is 3. The zero-order valence-corrected chi connectivity index (χ0v) is 17.7. The number of esters is 1. The summed E-state index contributed by atoms with van der Waals surface area (Å²) in [6.45, 7) is 4.73. The standard InChI is InChI=1S/C23H33ClN2O2/c1-28-22(27)8-2-7-21-20-6-4-14-25-13-3-5-18(23(20)25)16-26(21)15-17-9-11-19(24)12-10-17/h9-12,18,20-21,23H,2-8,13-16H2,1H3/t18-,20-,21-,23+/m1/s1. The Labute approximate surface area is 174 Å². The van der Waals surface area contributed by atoms with Gasteiger partial charge in [0.25, 0.3) is 0 Å². The van der Waals surface area contributed by atoms with Crippen LogP contribution in [-0.4, -0.2) is 54.6 Å². The number of carbonyl (C=O) groups excluding carboxylic acids is 1. The van der Waals surface area contributed by atoms with Crippen LogP contribution >= 0.6 is 11.6 Å². The van der Waals surface area contributed by atoms with E-state index in [0.29, 0.717) is 12.5 Å². The minimum atomic E-state index is -0.0825. The van der Waals surface area contributed by atoms with Crippen LogP contribution in [0.15, 0.2) is 24.3 Å². The topological polar surface area (TPSA) is 32.8 Å². The maximum absolute atomic E-state index is 11.6. The first kappa shape index (κ1) is 20.2. The van der Waals surface area contributed by atoms with Gasteiger partial charge in [-0.1, -0.05) is 23.7 Å². The summed E-state index contributed by atoms with van der Waals surface area (Å²) in [5.74, 6) is 1.45. The molecule has 1 aromatic carbocycles. The molecule has 154 valence electrons. The Bertz CT molecular complexity index is 663. The van der Waals surface area contributed by atoms with Crippen molar-refractivity contribution in [1.82, 2.24) is 9.80 Å². The van der Waals surface area contributed by atoms with Crippen molar-refractivity contribution in [2.75, 3.05) is 26.7 Å². The number of carbonyl (C=O) groups is 1. The molecule has 0 spiro atoms. The van der Waals surface area contributed by atoms with E-state index in [1.165, 1.54) is 58.0 Å². The number of hydrogen-bond acceptors (Lipinski definition) is 4. The number of methoxy groups -OCH3 is 1.